The molecule has 7 nitrogen and oxygen atoms in total. The average molecular weight is 441 g/mol. The number of carbonyl (C=O) groups excluding carboxylic acids is 1. The van der Waals surface area contributed by atoms with E-state index in [2.05, 4.69) is 35.8 Å². The van der Waals surface area contributed by atoms with Crippen LogP contribution in [0.15, 0.2) is 72.1 Å². The Bertz CT molecular complexity index is 1120. The highest BCUT2D eigenvalue weighted by Crippen LogP contribution is 2.25. The first-order valence-corrected chi connectivity index (χ1v) is 11.6. The van der Waals surface area contributed by atoms with E-state index in [-0.39, 0.29) is 27.5 Å². The summed E-state index contributed by atoms with van der Waals surface area (Å²) in [7, 11) is -3.83. The van der Waals surface area contributed by atoms with Gasteiger partial charge < -0.3 is 9.88 Å². The van der Waals surface area contributed by atoms with Gasteiger partial charge >= 0.3 is 0 Å². The Hall–Kier alpha value is -3.13. The van der Waals surface area contributed by atoms with Crippen LogP contribution in [0.3, 0.4) is 0 Å². The minimum Gasteiger partial charge on any atom is -0.352 e. The second-order valence-electron chi connectivity index (χ2n) is 8.34. The summed E-state index contributed by atoms with van der Waals surface area (Å²) in [6.07, 6.45) is 6.02. The molecule has 0 unspecified atom stereocenters. The Morgan fingerprint density at radius 2 is 1.77 bits per heavy atom. The highest BCUT2D eigenvalue weighted by Gasteiger charge is 2.20. The minimum absolute atomic E-state index is 0.0712. The molecule has 0 spiro atoms. The summed E-state index contributed by atoms with van der Waals surface area (Å²) in [5.74, 6) is -0.327. The molecule has 3 aromatic rings. The topological polar surface area (TPSA) is 93.1 Å². The zero-order valence-electron chi connectivity index (χ0n) is 18.0. The molecule has 0 aliphatic rings. The fourth-order valence-electron chi connectivity index (χ4n) is 3.09. The Labute approximate surface area is 183 Å². The summed E-state index contributed by atoms with van der Waals surface area (Å²) in [6, 6.07) is 13.4. The SMILES string of the molecule is CC(C)(C)c1ccc(S(=O)(=O)Nc2ccccc2C(=O)NCCCn2ccnc2)cc1. The number of hydrogen-bond donors (Lipinski definition) is 2. The monoisotopic (exact) mass is 440 g/mol. The molecule has 164 valence electrons. The summed E-state index contributed by atoms with van der Waals surface area (Å²) < 4.78 is 30.2. The predicted octanol–water partition coefficient (Wildman–Crippen LogP) is 3.80. The molecule has 0 fully saturated rings. The summed E-state index contributed by atoms with van der Waals surface area (Å²) in [6.45, 7) is 7.41. The highest BCUT2D eigenvalue weighted by molar-refractivity contribution is 7.92. The van der Waals surface area contributed by atoms with Crippen LogP contribution < -0.4 is 10.0 Å². The molecule has 3 rings (SSSR count). The summed E-state index contributed by atoms with van der Waals surface area (Å²) in [4.78, 5) is 16.8. The number of sulfonamides is 1. The molecule has 0 bridgehead atoms. The molecule has 1 aromatic heterocycles. The van der Waals surface area contributed by atoms with Crippen LogP contribution in [0.5, 0.6) is 0 Å². The first-order valence-electron chi connectivity index (χ1n) is 10.1. The lowest BCUT2D eigenvalue weighted by atomic mass is 9.87. The van der Waals surface area contributed by atoms with E-state index >= 15 is 0 Å². The van der Waals surface area contributed by atoms with Crippen LogP contribution in [-0.4, -0.2) is 30.4 Å². The number of carbonyl (C=O) groups is 1. The number of aromatic nitrogens is 2. The van der Waals surface area contributed by atoms with Crippen molar-refractivity contribution in [3.63, 3.8) is 0 Å². The van der Waals surface area contributed by atoms with Crippen molar-refractivity contribution in [3.8, 4) is 0 Å². The molecular weight excluding hydrogens is 412 g/mol. The van der Waals surface area contributed by atoms with E-state index in [9.17, 15) is 13.2 Å². The van der Waals surface area contributed by atoms with Crippen LogP contribution in [0.1, 0.15) is 43.1 Å². The van der Waals surface area contributed by atoms with Gasteiger partial charge in [0.1, 0.15) is 0 Å². The van der Waals surface area contributed by atoms with E-state index < -0.39 is 10.0 Å². The number of para-hydroxylation sites is 1. The van der Waals surface area contributed by atoms with Gasteiger partial charge in [0.15, 0.2) is 0 Å². The number of aryl methyl sites for hydroxylation is 1. The smallest absolute Gasteiger partial charge is 0.261 e. The van der Waals surface area contributed by atoms with Gasteiger partial charge in [0, 0.05) is 25.5 Å². The number of imidazole rings is 1. The Morgan fingerprint density at radius 1 is 1.06 bits per heavy atom. The number of hydrogen-bond acceptors (Lipinski definition) is 4. The average Bonchev–Trinajstić information content (AvgIpc) is 3.24. The Kier molecular flexibility index (Phi) is 6.80. The van der Waals surface area contributed by atoms with E-state index in [4.69, 9.17) is 0 Å². The van der Waals surface area contributed by atoms with E-state index in [0.29, 0.717) is 6.54 Å². The zero-order valence-corrected chi connectivity index (χ0v) is 18.8. The third kappa shape index (κ3) is 5.95. The van der Waals surface area contributed by atoms with Crippen LogP contribution in [0.2, 0.25) is 0 Å². The Balaban J connectivity index is 1.68. The van der Waals surface area contributed by atoms with Crippen LogP contribution in [0.25, 0.3) is 0 Å². The molecule has 0 aliphatic carbocycles. The summed E-state index contributed by atoms with van der Waals surface area (Å²) >= 11 is 0. The van der Waals surface area contributed by atoms with Crippen LogP contribution in [0, 0.1) is 0 Å². The molecule has 1 heterocycles. The van der Waals surface area contributed by atoms with E-state index in [1.807, 2.05) is 22.9 Å². The first-order chi connectivity index (χ1) is 14.7. The summed E-state index contributed by atoms with van der Waals surface area (Å²) in [5, 5.41) is 2.84. The molecule has 31 heavy (non-hydrogen) atoms. The van der Waals surface area contributed by atoms with Crippen molar-refractivity contribution in [1.29, 1.82) is 0 Å². The van der Waals surface area contributed by atoms with Gasteiger partial charge in [-0.1, -0.05) is 45.0 Å². The number of rotatable bonds is 8. The highest BCUT2D eigenvalue weighted by atomic mass is 32.2. The van der Waals surface area contributed by atoms with Crippen molar-refractivity contribution in [2.24, 2.45) is 0 Å². The van der Waals surface area contributed by atoms with Crippen LogP contribution in [-0.2, 0) is 22.0 Å². The van der Waals surface area contributed by atoms with E-state index in [0.717, 1.165) is 18.5 Å². The van der Waals surface area contributed by atoms with Crippen molar-refractivity contribution < 1.29 is 13.2 Å². The van der Waals surface area contributed by atoms with Gasteiger partial charge in [0.25, 0.3) is 15.9 Å². The second kappa shape index (κ2) is 9.34. The first kappa shape index (κ1) is 22.6. The number of amides is 1. The molecule has 0 atom stereocenters. The summed E-state index contributed by atoms with van der Waals surface area (Å²) in [5.41, 5.74) is 1.49. The molecule has 0 saturated carbocycles. The molecule has 8 heteroatoms. The normalized spacial score (nSPS) is 11.8. The van der Waals surface area contributed by atoms with Crippen molar-refractivity contribution in [1.82, 2.24) is 14.9 Å². The molecule has 0 aliphatic heterocycles. The van der Waals surface area contributed by atoms with Crippen LogP contribution in [0.4, 0.5) is 5.69 Å². The van der Waals surface area contributed by atoms with Crippen molar-refractivity contribution >= 4 is 21.6 Å². The molecule has 0 radical (unpaired) electrons. The van der Waals surface area contributed by atoms with Crippen molar-refractivity contribution in [2.45, 2.75) is 44.0 Å². The number of nitrogens with zero attached hydrogens (tertiary/aromatic N) is 2. The van der Waals surface area contributed by atoms with Gasteiger partial charge in [-0.3, -0.25) is 9.52 Å². The molecule has 1 amide bonds. The molecular formula is C23H28N4O3S. The van der Waals surface area contributed by atoms with Gasteiger partial charge in [-0.15, -0.1) is 0 Å². The quantitative estimate of drug-likeness (QED) is 0.521. The third-order valence-corrected chi connectivity index (χ3v) is 6.27. The van der Waals surface area contributed by atoms with E-state index in [1.165, 1.54) is 0 Å². The van der Waals surface area contributed by atoms with Gasteiger partial charge in [-0.2, -0.15) is 0 Å². The van der Waals surface area contributed by atoms with Gasteiger partial charge in [-0.05, 0) is 41.7 Å². The van der Waals surface area contributed by atoms with Crippen LogP contribution >= 0.6 is 0 Å². The standard InChI is InChI=1S/C23H28N4O3S/c1-23(2,3)18-9-11-19(12-10-18)31(29,30)26-21-8-5-4-7-20(21)22(28)25-13-6-15-27-16-14-24-17-27/h4-5,7-12,14,16-17,26H,6,13,15H2,1-3H3,(H,25,28). The molecule has 2 N–H and O–H groups in total. The molecule has 0 saturated heterocycles. The van der Waals surface area contributed by atoms with Crippen molar-refractivity contribution in [2.75, 3.05) is 11.3 Å². The maximum absolute atomic E-state index is 12.9. The molecule has 2 aromatic carbocycles. The van der Waals surface area contributed by atoms with Gasteiger partial charge in [-0.25, -0.2) is 13.4 Å². The minimum atomic E-state index is -3.83. The zero-order chi connectivity index (χ0) is 22.5. The van der Waals surface area contributed by atoms with Gasteiger partial charge in [0.05, 0.1) is 22.5 Å². The number of anilines is 1. The third-order valence-electron chi connectivity index (χ3n) is 4.88. The number of benzene rings is 2. The fraction of sp³-hybridized carbons (Fsp3) is 0.304. The lowest BCUT2D eigenvalue weighted by Crippen LogP contribution is -2.26. The maximum atomic E-state index is 12.9. The second-order valence-corrected chi connectivity index (χ2v) is 10.0. The predicted molar refractivity (Wildman–Crippen MR) is 122 cm³/mol. The van der Waals surface area contributed by atoms with Crippen molar-refractivity contribution in [3.05, 3.63) is 78.4 Å². The lowest BCUT2D eigenvalue weighted by molar-refractivity contribution is 0.0953. The maximum Gasteiger partial charge on any atom is 0.261 e. The number of nitrogens with one attached hydrogen (secondary N) is 2. The lowest BCUT2D eigenvalue weighted by Gasteiger charge is -2.19. The van der Waals surface area contributed by atoms with E-state index in [1.54, 1.807) is 48.9 Å². The Morgan fingerprint density at radius 3 is 2.42 bits per heavy atom. The van der Waals surface area contributed by atoms with Gasteiger partial charge in [0.2, 0.25) is 0 Å². The largest absolute Gasteiger partial charge is 0.352 e. The fourth-order valence-corrected chi connectivity index (χ4v) is 4.17.